The Labute approximate surface area is 83.8 Å². The van der Waals surface area contributed by atoms with Crippen molar-refractivity contribution in [1.82, 2.24) is 0 Å². The third-order valence-electron chi connectivity index (χ3n) is 1.60. The van der Waals surface area contributed by atoms with Crippen LogP contribution >= 0.6 is 0 Å². The minimum Gasteiger partial charge on any atom is -0.355 e. The number of hydrogen-bond donors (Lipinski definition) is 0. The highest BCUT2D eigenvalue weighted by molar-refractivity contribution is 4.68. The first-order valence-electron chi connectivity index (χ1n) is 4.52. The molecule has 5 nitrogen and oxygen atoms in total. The zero-order valence-electron chi connectivity index (χ0n) is 8.45. The number of ether oxygens (including phenoxy) is 3. The summed E-state index contributed by atoms with van der Waals surface area (Å²) in [6, 6.07) is 0. The van der Waals surface area contributed by atoms with Crippen molar-refractivity contribution in [2.45, 2.75) is 39.1 Å². The van der Waals surface area contributed by atoms with Gasteiger partial charge in [-0.2, -0.15) is 10.5 Å². The fourth-order valence-corrected chi connectivity index (χ4v) is 1.01. The van der Waals surface area contributed by atoms with E-state index in [2.05, 4.69) is 9.47 Å². The van der Waals surface area contributed by atoms with Crippen molar-refractivity contribution < 1.29 is 14.2 Å². The van der Waals surface area contributed by atoms with E-state index in [0.29, 0.717) is 13.0 Å². The second kappa shape index (κ2) is 6.99. The highest BCUT2D eigenvalue weighted by Gasteiger charge is 2.35. The lowest BCUT2D eigenvalue weighted by Crippen LogP contribution is -2.36. The first-order valence-corrected chi connectivity index (χ1v) is 4.52. The summed E-state index contributed by atoms with van der Waals surface area (Å²) >= 11 is 0. The van der Waals surface area contributed by atoms with Gasteiger partial charge in [0.1, 0.15) is 0 Å². The van der Waals surface area contributed by atoms with E-state index < -0.39 is 5.97 Å². The zero-order valence-corrected chi connectivity index (χ0v) is 8.45. The number of nitrogens with zero attached hydrogens (tertiary/aromatic N) is 2. The normalized spacial score (nSPS) is 10.0. The molecule has 0 aromatic rings. The smallest absolute Gasteiger partial charge is 0.355 e. The molecule has 0 heterocycles. The average Bonchev–Trinajstić information content (AvgIpc) is 2.16. The molecular weight excluding hydrogens is 184 g/mol. The summed E-state index contributed by atoms with van der Waals surface area (Å²) in [6.45, 7) is 4.03. The predicted octanol–water partition coefficient (Wildman–Crippen LogP) is 1.86. The molecule has 0 radical (unpaired) electrons. The van der Waals surface area contributed by atoms with Crippen molar-refractivity contribution in [3.05, 3.63) is 0 Å². The predicted molar refractivity (Wildman–Crippen MR) is 47.3 cm³/mol. The average molecular weight is 198 g/mol. The molecule has 0 fully saturated rings. The van der Waals surface area contributed by atoms with Gasteiger partial charge in [0.15, 0.2) is 0 Å². The van der Waals surface area contributed by atoms with E-state index >= 15 is 0 Å². The molecule has 0 aromatic heterocycles. The molecule has 0 aliphatic heterocycles. The molecule has 0 atom stereocenters. The topological polar surface area (TPSA) is 75.3 Å². The summed E-state index contributed by atoms with van der Waals surface area (Å²) < 4.78 is 14.4. The van der Waals surface area contributed by atoms with E-state index in [1.807, 2.05) is 6.92 Å². The second-order valence-electron chi connectivity index (χ2n) is 2.61. The van der Waals surface area contributed by atoms with Crippen LogP contribution in [0.3, 0.4) is 0 Å². The van der Waals surface area contributed by atoms with E-state index in [0.717, 1.165) is 12.8 Å². The summed E-state index contributed by atoms with van der Waals surface area (Å²) in [7, 11) is 0. The third kappa shape index (κ3) is 3.97. The van der Waals surface area contributed by atoms with Crippen molar-refractivity contribution in [3.63, 3.8) is 0 Å². The molecular formula is C9H14N2O3. The van der Waals surface area contributed by atoms with Crippen molar-refractivity contribution in [3.8, 4) is 12.5 Å². The monoisotopic (exact) mass is 198 g/mol. The molecule has 14 heavy (non-hydrogen) atoms. The van der Waals surface area contributed by atoms with Crippen molar-refractivity contribution >= 4 is 0 Å². The van der Waals surface area contributed by atoms with Crippen molar-refractivity contribution in [2.24, 2.45) is 0 Å². The van der Waals surface area contributed by atoms with Gasteiger partial charge < -0.3 is 14.2 Å². The quantitative estimate of drug-likeness (QED) is 0.461. The first-order chi connectivity index (χ1) is 6.74. The van der Waals surface area contributed by atoms with Crippen LogP contribution in [0.1, 0.15) is 33.1 Å². The Morgan fingerprint density at radius 3 is 2.07 bits per heavy atom. The molecule has 0 aliphatic rings. The highest BCUT2D eigenvalue weighted by atomic mass is 16.9. The van der Waals surface area contributed by atoms with Gasteiger partial charge in [-0.3, -0.25) is 0 Å². The lowest BCUT2D eigenvalue weighted by atomic mass is 10.2. The van der Waals surface area contributed by atoms with Gasteiger partial charge in [-0.15, -0.1) is 0 Å². The number of hydrogen-bond acceptors (Lipinski definition) is 5. The van der Waals surface area contributed by atoms with Crippen LogP contribution in [0.2, 0.25) is 0 Å². The maximum atomic E-state index is 8.41. The van der Waals surface area contributed by atoms with Gasteiger partial charge in [0.05, 0.1) is 13.0 Å². The molecule has 0 amide bonds. The maximum absolute atomic E-state index is 8.41. The van der Waals surface area contributed by atoms with Crippen LogP contribution in [-0.4, -0.2) is 12.6 Å². The first kappa shape index (κ1) is 12.5. The molecule has 0 spiro atoms. The molecule has 0 bridgehead atoms. The molecule has 0 rings (SSSR count). The molecule has 0 saturated carbocycles. The van der Waals surface area contributed by atoms with Gasteiger partial charge in [0.25, 0.3) is 12.5 Å². The van der Waals surface area contributed by atoms with E-state index in [1.165, 1.54) is 12.5 Å². The second-order valence-corrected chi connectivity index (χ2v) is 2.61. The molecule has 0 unspecified atom stereocenters. The number of unbranched alkanes of at least 4 members (excludes halogenated alkanes) is 1. The molecule has 0 saturated heterocycles. The van der Waals surface area contributed by atoms with Gasteiger partial charge in [0, 0.05) is 0 Å². The minimum atomic E-state index is -1.52. The third-order valence-corrected chi connectivity index (χ3v) is 1.60. The number of nitriles is 2. The van der Waals surface area contributed by atoms with Gasteiger partial charge in [0.2, 0.25) is 0 Å². The van der Waals surface area contributed by atoms with Crippen molar-refractivity contribution in [2.75, 3.05) is 6.61 Å². The lowest BCUT2D eigenvalue weighted by molar-refractivity contribution is -0.333. The van der Waals surface area contributed by atoms with Crippen LogP contribution in [0.25, 0.3) is 0 Å². The Morgan fingerprint density at radius 2 is 1.71 bits per heavy atom. The lowest BCUT2D eigenvalue weighted by Gasteiger charge is -2.25. The number of rotatable bonds is 7. The molecule has 78 valence electrons. The Kier molecular flexibility index (Phi) is 6.26. The Hall–Kier alpha value is -1.46. The maximum Gasteiger partial charge on any atom is 0.391 e. The van der Waals surface area contributed by atoms with E-state index in [-0.39, 0.29) is 0 Å². The van der Waals surface area contributed by atoms with Crippen molar-refractivity contribution in [1.29, 1.82) is 10.5 Å². The van der Waals surface area contributed by atoms with Crippen LogP contribution in [0.15, 0.2) is 0 Å². The molecule has 5 heteroatoms. The summed E-state index contributed by atoms with van der Waals surface area (Å²) in [5.74, 6) is -1.52. The molecule has 0 N–H and O–H groups in total. The highest BCUT2D eigenvalue weighted by Crippen LogP contribution is 2.22. The van der Waals surface area contributed by atoms with Crippen LogP contribution < -0.4 is 0 Å². The van der Waals surface area contributed by atoms with Gasteiger partial charge >= 0.3 is 5.97 Å². The SMILES string of the molecule is CCCCC(OC#N)(OC#N)OCC. The fraction of sp³-hybridized carbons (Fsp3) is 0.778. The summed E-state index contributed by atoms with van der Waals surface area (Å²) in [4.78, 5) is 0. The summed E-state index contributed by atoms with van der Waals surface area (Å²) in [5.41, 5.74) is 0. The fourth-order valence-electron chi connectivity index (χ4n) is 1.01. The Morgan fingerprint density at radius 1 is 1.14 bits per heavy atom. The zero-order chi connectivity index (χ0) is 10.9. The molecule has 0 aromatic carbocycles. The largest absolute Gasteiger partial charge is 0.391 e. The van der Waals surface area contributed by atoms with E-state index in [4.69, 9.17) is 15.3 Å². The summed E-state index contributed by atoms with van der Waals surface area (Å²) in [5, 5.41) is 16.8. The van der Waals surface area contributed by atoms with Crippen LogP contribution in [0, 0.1) is 23.0 Å². The van der Waals surface area contributed by atoms with Gasteiger partial charge in [-0.1, -0.05) is 13.3 Å². The van der Waals surface area contributed by atoms with Gasteiger partial charge in [-0.05, 0) is 13.3 Å². The Bertz CT molecular complexity index is 213. The van der Waals surface area contributed by atoms with Crippen LogP contribution in [0.5, 0.6) is 0 Å². The Balaban J connectivity index is 4.40. The van der Waals surface area contributed by atoms with Gasteiger partial charge in [-0.25, -0.2) is 0 Å². The van der Waals surface area contributed by atoms with Crippen LogP contribution in [-0.2, 0) is 14.2 Å². The van der Waals surface area contributed by atoms with E-state index in [1.54, 1.807) is 6.92 Å². The van der Waals surface area contributed by atoms with E-state index in [9.17, 15) is 0 Å². The minimum absolute atomic E-state index is 0.313. The summed E-state index contributed by atoms with van der Waals surface area (Å²) in [6.07, 6.45) is 4.99. The van der Waals surface area contributed by atoms with Crippen LogP contribution in [0.4, 0.5) is 0 Å². The standard InChI is InChI=1S/C9H14N2O3/c1-3-5-6-9(12-4-2,13-7-10)14-8-11/h3-6H2,1-2H3. The molecule has 0 aliphatic carbocycles.